The lowest BCUT2D eigenvalue weighted by molar-refractivity contribution is 0.108. The molecule has 0 saturated heterocycles. The molecule has 2 rings (SSSR count). The molecule has 116 valence electrons. The van der Waals surface area contributed by atoms with Gasteiger partial charge in [0.1, 0.15) is 6.61 Å². The zero-order valence-corrected chi connectivity index (χ0v) is 15.4. The van der Waals surface area contributed by atoms with Gasteiger partial charge < -0.3 is 9.47 Å². The number of carbonyl (C=O) groups excluding carboxylic acids is 1. The lowest BCUT2D eigenvalue weighted by atomic mass is 10.2. The van der Waals surface area contributed by atoms with Gasteiger partial charge in [-0.2, -0.15) is 0 Å². The SMILES string of the molecule is CCOc1cc(C(=O)Cl)cc(I)c1OCc1ccccc1Cl. The first kappa shape index (κ1) is 17.4. The van der Waals surface area contributed by atoms with E-state index in [-0.39, 0.29) is 0 Å². The molecular formula is C16H13Cl2IO3. The van der Waals surface area contributed by atoms with Crippen LogP contribution in [-0.2, 0) is 6.61 Å². The second kappa shape index (κ2) is 8.04. The minimum absolute atomic E-state index is 0.309. The number of carbonyl (C=O) groups is 1. The Morgan fingerprint density at radius 1 is 1.23 bits per heavy atom. The summed E-state index contributed by atoms with van der Waals surface area (Å²) in [6.45, 7) is 2.63. The van der Waals surface area contributed by atoms with Crippen molar-refractivity contribution in [1.29, 1.82) is 0 Å². The van der Waals surface area contributed by atoms with Crippen molar-refractivity contribution in [2.24, 2.45) is 0 Å². The van der Waals surface area contributed by atoms with Gasteiger partial charge in [0, 0.05) is 16.1 Å². The maximum Gasteiger partial charge on any atom is 0.252 e. The van der Waals surface area contributed by atoms with E-state index in [9.17, 15) is 4.79 Å². The molecule has 0 aliphatic heterocycles. The number of halogens is 3. The van der Waals surface area contributed by atoms with Crippen molar-refractivity contribution in [3.63, 3.8) is 0 Å². The maximum atomic E-state index is 11.3. The van der Waals surface area contributed by atoms with Crippen LogP contribution in [0.1, 0.15) is 22.8 Å². The highest BCUT2D eigenvalue weighted by molar-refractivity contribution is 14.1. The Labute approximate surface area is 152 Å². The summed E-state index contributed by atoms with van der Waals surface area (Å²) in [6.07, 6.45) is 0. The standard InChI is InChI=1S/C16H13Cl2IO3/c1-2-21-14-8-11(16(18)20)7-13(19)15(14)22-9-10-5-3-4-6-12(10)17/h3-8H,2,9H2,1H3. The van der Waals surface area contributed by atoms with Crippen LogP contribution in [0.2, 0.25) is 5.02 Å². The molecule has 0 bridgehead atoms. The van der Waals surface area contributed by atoms with E-state index in [0.29, 0.717) is 35.3 Å². The third-order valence-corrected chi connectivity index (χ3v) is 4.25. The first-order valence-electron chi connectivity index (χ1n) is 6.55. The first-order valence-corrected chi connectivity index (χ1v) is 8.38. The van der Waals surface area contributed by atoms with E-state index in [1.54, 1.807) is 12.1 Å². The Morgan fingerprint density at radius 3 is 2.59 bits per heavy atom. The molecule has 0 spiro atoms. The van der Waals surface area contributed by atoms with E-state index < -0.39 is 5.24 Å². The Morgan fingerprint density at radius 2 is 1.95 bits per heavy atom. The summed E-state index contributed by atoms with van der Waals surface area (Å²) in [5.41, 5.74) is 1.25. The first-order chi connectivity index (χ1) is 10.5. The van der Waals surface area contributed by atoms with Gasteiger partial charge in [0.2, 0.25) is 0 Å². The molecule has 0 amide bonds. The Bertz CT molecular complexity index is 689. The van der Waals surface area contributed by atoms with Crippen molar-refractivity contribution in [3.8, 4) is 11.5 Å². The van der Waals surface area contributed by atoms with E-state index in [1.165, 1.54) is 0 Å². The van der Waals surface area contributed by atoms with E-state index in [2.05, 4.69) is 22.6 Å². The number of hydrogen-bond donors (Lipinski definition) is 0. The molecular weight excluding hydrogens is 438 g/mol. The average molecular weight is 451 g/mol. The maximum absolute atomic E-state index is 11.3. The minimum Gasteiger partial charge on any atom is -0.490 e. The van der Waals surface area contributed by atoms with Crippen molar-refractivity contribution in [3.05, 3.63) is 56.1 Å². The fraction of sp³-hybridized carbons (Fsp3) is 0.188. The third-order valence-electron chi connectivity index (χ3n) is 2.87. The fourth-order valence-corrected chi connectivity index (χ4v) is 2.91. The molecule has 3 nitrogen and oxygen atoms in total. The summed E-state index contributed by atoms with van der Waals surface area (Å²) in [7, 11) is 0. The number of ether oxygens (including phenoxy) is 2. The zero-order chi connectivity index (χ0) is 16.1. The van der Waals surface area contributed by atoms with E-state index in [0.717, 1.165) is 9.13 Å². The lowest BCUT2D eigenvalue weighted by Gasteiger charge is -2.15. The van der Waals surface area contributed by atoms with Gasteiger partial charge in [-0.3, -0.25) is 4.79 Å². The third kappa shape index (κ3) is 4.27. The molecule has 22 heavy (non-hydrogen) atoms. The predicted molar refractivity (Wildman–Crippen MR) is 96.3 cm³/mol. The molecule has 0 aromatic heterocycles. The molecule has 0 saturated carbocycles. The van der Waals surface area contributed by atoms with Gasteiger partial charge in [0.05, 0.1) is 10.2 Å². The molecule has 0 unspecified atom stereocenters. The van der Waals surface area contributed by atoms with Gasteiger partial charge in [-0.25, -0.2) is 0 Å². The largest absolute Gasteiger partial charge is 0.490 e. The van der Waals surface area contributed by atoms with Crippen LogP contribution >= 0.6 is 45.8 Å². The van der Waals surface area contributed by atoms with Crippen LogP contribution in [0.5, 0.6) is 11.5 Å². The molecule has 0 heterocycles. The monoisotopic (exact) mass is 450 g/mol. The summed E-state index contributed by atoms with van der Waals surface area (Å²) in [5, 5.41) is 0.111. The molecule has 0 atom stereocenters. The van der Waals surface area contributed by atoms with Crippen molar-refractivity contribution in [2.45, 2.75) is 13.5 Å². The van der Waals surface area contributed by atoms with Gasteiger partial charge in [0.15, 0.2) is 11.5 Å². The van der Waals surface area contributed by atoms with Gasteiger partial charge in [-0.15, -0.1) is 0 Å². The Kier molecular flexibility index (Phi) is 6.35. The van der Waals surface area contributed by atoms with E-state index in [4.69, 9.17) is 32.7 Å². The van der Waals surface area contributed by atoms with Crippen LogP contribution in [0.3, 0.4) is 0 Å². The van der Waals surface area contributed by atoms with Crippen LogP contribution in [0.15, 0.2) is 36.4 Å². The quantitative estimate of drug-likeness (QED) is 0.442. The highest BCUT2D eigenvalue weighted by Crippen LogP contribution is 2.35. The normalized spacial score (nSPS) is 10.4. The molecule has 2 aromatic rings. The molecule has 0 aliphatic carbocycles. The van der Waals surface area contributed by atoms with Crippen molar-refractivity contribution in [2.75, 3.05) is 6.61 Å². The second-order valence-electron chi connectivity index (χ2n) is 4.37. The second-order valence-corrected chi connectivity index (χ2v) is 6.28. The molecule has 0 N–H and O–H groups in total. The van der Waals surface area contributed by atoms with Crippen molar-refractivity contribution < 1.29 is 14.3 Å². The van der Waals surface area contributed by atoms with Gasteiger partial charge >= 0.3 is 0 Å². The Hall–Kier alpha value is -0.980. The minimum atomic E-state index is -0.531. The smallest absolute Gasteiger partial charge is 0.252 e. The molecule has 0 fully saturated rings. The number of benzene rings is 2. The van der Waals surface area contributed by atoms with Crippen molar-refractivity contribution >= 4 is 51.0 Å². The van der Waals surface area contributed by atoms with E-state index in [1.807, 2.05) is 31.2 Å². The van der Waals surface area contributed by atoms with Gasteiger partial charge in [-0.05, 0) is 59.3 Å². The highest BCUT2D eigenvalue weighted by atomic mass is 127. The molecule has 0 aliphatic rings. The number of rotatable bonds is 6. The summed E-state index contributed by atoms with van der Waals surface area (Å²) in [4.78, 5) is 11.3. The average Bonchev–Trinajstić information content (AvgIpc) is 2.48. The van der Waals surface area contributed by atoms with Gasteiger partial charge in [0.25, 0.3) is 5.24 Å². The van der Waals surface area contributed by atoms with Crippen LogP contribution in [-0.4, -0.2) is 11.8 Å². The van der Waals surface area contributed by atoms with E-state index >= 15 is 0 Å². The summed E-state index contributed by atoms with van der Waals surface area (Å²) in [6, 6.07) is 10.7. The topological polar surface area (TPSA) is 35.5 Å². The molecule has 0 radical (unpaired) electrons. The zero-order valence-electron chi connectivity index (χ0n) is 11.7. The van der Waals surface area contributed by atoms with Crippen molar-refractivity contribution in [1.82, 2.24) is 0 Å². The van der Waals surface area contributed by atoms with Crippen LogP contribution < -0.4 is 9.47 Å². The summed E-state index contributed by atoms with van der Waals surface area (Å²) >= 11 is 13.7. The Balaban J connectivity index is 2.29. The summed E-state index contributed by atoms with van der Waals surface area (Å²) < 4.78 is 12.2. The lowest BCUT2D eigenvalue weighted by Crippen LogP contribution is -2.03. The molecule has 2 aromatic carbocycles. The van der Waals surface area contributed by atoms with Crippen LogP contribution in [0.25, 0.3) is 0 Å². The fourth-order valence-electron chi connectivity index (χ4n) is 1.85. The number of hydrogen-bond acceptors (Lipinski definition) is 3. The highest BCUT2D eigenvalue weighted by Gasteiger charge is 2.15. The predicted octanol–water partition coefficient (Wildman–Crippen LogP) is 5.30. The molecule has 6 heteroatoms. The van der Waals surface area contributed by atoms with Crippen LogP contribution in [0.4, 0.5) is 0 Å². The summed E-state index contributed by atoms with van der Waals surface area (Å²) in [5.74, 6) is 1.06. The van der Waals surface area contributed by atoms with Crippen LogP contribution in [0, 0.1) is 3.57 Å². The van der Waals surface area contributed by atoms with Gasteiger partial charge in [-0.1, -0.05) is 29.8 Å².